The first-order valence-electron chi connectivity index (χ1n) is 11.0. The monoisotopic (exact) mass is 454 g/mol. The van der Waals surface area contributed by atoms with E-state index in [1.54, 1.807) is 41.7 Å². The number of halogens is 1. The molecule has 2 aromatic heterocycles. The molecule has 0 spiro atoms. The summed E-state index contributed by atoms with van der Waals surface area (Å²) >= 11 is 1.74. The van der Waals surface area contributed by atoms with Gasteiger partial charge in [-0.05, 0) is 54.1 Å². The van der Waals surface area contributed by atoms with E-state index in [9.17, 15) is 14.0 Å². The Morgan fingerprint density at radius 2 is 2.06 bits per heavy atom. The Morgan fingerprint density at radius 1 is 1.22 bits per heavy atom. The number of carbonyl (C=O) groups is 2. The second-order valence-electron chi connectivity index (χ2n) is 8.03. The Balaban J connectivity index is 1.33. The lowest BCUT2D eigenvalue weighted by Gasteiger charge is -2.31. The molecule has 1 aliphatic rings. The average Bonchev–Trinajstić information content (AvgIpc) is 3.46. The number of nitrogens with zero attached hydrogens (tertiary/aromatic N) is 1. The van der Waals surface area contributed by atoms with Crippen molar-refractivity contribution in [2.24, 2.45) is 0 Å². The van der Waals surface area contributed by atoms with Gasteiger partial charge < -0.3 is 14.6 Å². The van der Waals surface area contributed by atoms with Crippen LogP contribution in [0.25, 0.3) is 11.3 Å². The third kappa shape index (κ3) is 5.10. The lowest BCUT2D eigenvalue weighted by atomic mass is 10.1. The lowest BCUT2D eigenvalue weighted by molar-refractivity contribution is -0.137. The molecule has 3 aromatic rings. The molecule has 7 heteroatoms. The minimum atomic E-state index is -0.515. The van der Waals surface area contributed by atoms with Crippen molar-refractivity contribution < 1.29 is 18.4 Å². The maximum Gasteiger partial charge on any atom is 0.245 e. The summed E-state index contributed by atoms with van der Waals surface area (Å²) in [6.45, 7) is 3.30. The van der Waals surface area contributed by atoms with Crippen molar-refractivity contribution in [1.82, 2.24) is 10.2 Å². The highest BCUT2D eigenvalue weighted by atomic mass is 32.1. The zero-order chi connectivity index (χ0) is 22.5. The van der Waals surface area contributed by atoms with Crippen molar-refractivity contribution in [2.45, 2.75) is 51.6 Å². The number of nitrogens with one attached hydrogen (secondary N) is 1. The molecule has 0 bridgehead atoms. The standard InChI is InChI=1S/C25H27FN2O3S/c1-2-5-21(25(30)28-14-12-23-17(16-28)13-15-32-23)27-24(29)11-9-18-8-10-22(31-18)19-6-3-4-7-20(19)26/h3-4,6-8,10,13,15,21H,2,5,9,11-12,14,16H2,1H3,(H,27,29). The highest BCUT2D eigenvalue weighted by Crippen LogP contribution is 2.26. The molecule has 0 saturated carbocycles. The van der Waals surface area contributed by atoms with Gasteiger partial charge >= 0.3 is 0 Å². The summed E-state index contributed by atoms with van der Waals surface area (Å²) in [6.07, 6.45) is 2.87. The summed E-state index contributed by atoms with van der Waals surface area (Å²) in [5.74, 6) is 0.498. The van der Waals surface area contributed by atoms with Gasteiger partial charge in [0.25, 0.3) is 0 Å². The average molecular weight is 455 g/mol. The van der Waals surface area contributed by atoms with E-state index >= 15 is 0 Å². The van der Waals surface area contributed by atoms with Gasteiger partial charge in [-0.15, -0.1) is 11.3 Å². The van der Waals surface area contributed by atoms with Gasteiger partial charge in [-0.25, -0.2) is 4.39 Å². The molecule has 5 nitrogen and oxygen atoms in total. The van der Waals surface area contributed by atoms with E-state index in [0.717, 1.165) is 12.8 Å². The fourth-order valence-electron chi connectivity index (χ4n) is 4.02. The number of benzene rings is 1. The van der Waals surface area contributed by atoms with Crippen LogP contribution >= 0.6 is 11.3 Å². The predicted molar refractivity (Wildman–Crippen MR) is 123 cm³/mol. The maximum atomic E-state index is 13.9. The number of thiophene rings is 1. The van der Waals surface area contributed by atoms with E-state index in [-0.39, 0.29) is 24.1 Å². The van der Waals surface area contributed by atoms with Gasteiger partial charge in [0.15, 0.2) is 0 Å². The molecule has 1 aliphatic heterocycles. The second-order valence-corrected chi connectivity index (χ2v) is 9.03. The number of aryl methyl sites for hydroxylation is 1. The van der Waals surface area contributed by atoms with E-state index in [0.29, 0.717) is 43.0 Å². The zero-order valence-electron chi connectivity index (χ0n) is 18.1. The third-order valence-corrected chi connectivity index (χ3v) is 6.75. The molecule has 1 unspecified atom stereocenters. The van der Waals surface area contributed by atoms with Crippen LogP contribution in [0.5, 0.6) is 0 Å². The molecule has 0 saturated heterocycles. The first-order valence-corrected chi connectivity index (χ1v) is 11.9. The first kappa shape index (κ1) is 22.3. The van der Waals surface area contributed by atoms with Gasteiger partial charge in [-0.3, -0.25) is 9.59 Å². The normalized spacial score (nSPS) is 14.1. The molecule has 1 N–H and O–H groups in total. The molecule has 168 valence electrons. The van der Waals surface area contributed by atoms with Crippen molar-refractivity contribution in [2.75, 3.05) is 6.54 Å². The molecule has 4 rings (SSSR count). The first-order chi connectivity index (χ1) is 15.5. The number of fused-ring (bicyclic) bond motifs is 1. The van der Waals surface area contributed by atoms with Crippen molar-refractivity contribution in [3.8, 4) is 11.3 Å². The summed E-state index contributed by atoms with van der Waals surface area (Å²) in [5, 5.41) is 4.99. The van der Waals surface area contributed by atoms with Crippen molar-refractivity contribution in [1.29, 1.82) is 0 Å². The number of hydrogen-bond donors (Lipinski definition) is 1. The lowest BCUT2D eigenvalue weighted by Crippen LogP contribution is -2.49. The molecule has 1 aromatic carbocycles. The highest BCUT2D eigenvalue weighted by molar-refractivity contribution is 7.10. The van der Waals surface area contributed by atoms with Gasteiger partial charge in [0.1, 0.15) is 23.4 Å². The van der Waals surface area contributed by atoms with Gasteiger partial charge in [-0.2, -0.15) is 0 Å². The van der Waals surface area contributed by atoms with Crippen LogP contribution in [0.2, 0.25) is 0 Å². The van der Waals surface area contributed by atoms with Crippen LogP contribution in [0.4, 0.5) is 4.39 Å². The molecule has 32 heavy (non-hydrogen) atoms. The molecular weight excluding hydrogens is 427 g/mol. The zero-order valence-corrected chi connectivity index (χ0v) is 18.9. The molecule has 0 fully saturated rings. The van der Waals surface area contributed by atoms with E-state index in [4.69, 9.17) is 4.42 Å². The molecule has 0 radical (unpaired) electrons. The van der Waals surface area contributed by atoms with E-state index in [1.807, 2.05) is 11.8 Å². The van der Waals surface area contributed by atoms with Gasteiger partial charge in [-0.1, -0.05) is 25.5 Å². The second kappa shape index (κ2) is 10.1. The predicted octanol–water partition coefficient (Wildman–Crippen LogP) is 4.95. The topological polar surface area (TPSA) is 62.6 Å². The van der Waals surface area contributed by atoms with Crippen LogP contribution < -0.4 is 5.32 Å². The van der Waals surface area contributed by atoms with Gasteiger partial charge in [0, 0.05) is 30.8 Å². The maximum absolute atomic E-state index is 13.9. The fraction of sp³-hybridized carbons (Fsp3) is 0.360. The van der Waals surface area contributed by atoms with Gasteiger partial charge in [0.2, 0.25) is 11.8 Å². The molecule has 3 heterocycles. The fourth-order valence-corrected chi connectivity index (χ4v) is 4.91. The van der Waals surface area contributed by atoms with Gasteiger partial charge in [0.05, 0.1) is 5.56 Å². The Morgan fingerprint density at radius 3 is 2.88 bits per heavy atom. The Bertz CT molecular complexity index is 1090. The minimum Gasteiger partial charge on any atom is -0.461 e. The third-order valence-electron chi connectivity index (χ3n) is 5.73. The van der Waals surface area contributed by atoms with Crippen LogP contribution in [0.3, 0.4) is 0 Å². The van der Waals surface area contributed by atoms with E-state index < -0.39 is 6.04 Å². The number of hydrogen-bond acceptors (Lipinski definition) is 4. The quantitative estimate of drug-likeness (QED) is 0.524. The minimum absolute atomic E-state index is 0.0168. The van der Waals surface area contributed by atoms with E-state index in [2.05, 4.69) is 16.8 Å². The summed E-state index contributed by atoms with van der Waals surface area (Å²) in [5.41, 5.74) is 1.60. The molecular formula is C25H27FN2O3S. The number of furan rings is 1. The SMILES string of the molecule is CCCC(NC(=O)CCc1ccc(-c2ccccc2F)o1)C(=O)N1CCc2sccc2C1. The summed E-state index contributed by atoms with van der Waals surface area (Å²) in [6, 6.07) is 11.5. The number of rotatable bonds is 8. The van der Waals surface area contributed by atoms with Crippen LogP contribution in [-0.2, 0) is 29.0 Å². The van der Waals surface area contributed by atoms with Crippen LogP contribution in [0.1, 0.15) is 42.4 Å². The molecule has 2 amide bonds. The Kier molecular flexibility index (Phi) is 7.05. The Hall–Kier alpha value is -2.93. The smallest absolute Gasteiger partial charge is 0.245 e. The van der Waals surface area contributed by atoms with Crippen LogP contribution in [-0.4, -0.2) is 29.3 Å². The van der Waals surface area contributed by atoms with E-state index in [1.165, 1.54) is 16.5 Å². The summed E-state index contributed by atoms with van der Waals surface area (Å²) in [7, 11) is 0. The molecule has 0 aliphatic carbocycles. The molecule has 1 atom stereocenters. The number of carbonyl (C=O) groups excluding carboxylic acids is 2. The largest absolute Gasteiger partial charge is 0.461 e. The number of amides is 2. The van der Waals surface area contributed by atoms with Crippen LogP contribution in [0, 0.1) is 5.82 Å². The van der Waals surface area contributed by atoms with Crippen molar-refractivity contribution >= 4 is 23.2 Å². The van der Waals surface area contributed by atoms with Crippen molar-refractivity contribution in [3.63, 3.8) is 0 Å². The Labute approximate surface area is 191 Å². The summed E-state index contributed by atoms with van der Waals surface area (Å²) in [4.78, 5) is 28.9. The van der Waals surface area contributed by atoms with Crippen molar-refractivity contribution in [3.05, 3.63) is 69.9 Å². The summed E-state index contributed by atoms with van der Waals surface area (Å²) < 4.78 is 19.7. The highest BCUT2D eigenvalue weighted by Gasteiger charge is 2.28. The van der Waals surface area contributed by atoms with Crippen LogP contribution in [0.15, 0.2) is 52.3 Å².